The van der Waals surface area contributed by atoms with Crippen molar-refractivity contribution in [1.82, 2.24) is 5.32 Å². The Balaban J connectivity index is 4.69. The quantitative estimate of drug-likeness (QED) is 0.0321. The first-order chi connectivity index (χ1) is 31.5. The van der Waals surface area contributed by atoms with Gasteiger partial charge in [0.25, 0.3) is 0 Å². The predicted molar refractivity (Wildman–Crippen MR) is 278 cm³/mol. The van der Waals surface area contributed by atoms with Gasteiger partial charge in [-0.05, 0) is 83.5 Å². The first kappa shape index (κ1) is 61.3. The number of allylic oxidation sites excluding steroid dienone is 12. The van der Waals surface area contributed by atoms with Crippen molar-refractivity contribution < 1.29 is 24.5 Å². The van der Waals surface area contributed by atoms with Crippen LogP contribution in [0.25, 0.3) is 0 Å². The van der Waals surface area contributed by atoms with Gasteiger partial charge in [0, 0.05) is 6.42 Å². The molecule has 3 atom stereocenters. The Morgan fingerprint density at radius 1 is 0.469 bits per heavy atom. The number of carbonyl (C=O) groups excluding carboxylic acids is 2. The van der Waals surface area contributed by atoms with E-state index in [4.69, 9.17) is 4.74 Å². The van der Waals surface area contributed by atoms with E-state index in [0.29, 0.717) is 19.3 Å². The molecule has 0 heterocycles. The monoisotopic (exact) mass is 894 g/mol. The lowest BCUT2D eigenvalue weighted by atomic mass is 10.0. The van der Waals surface area contributed by atoms with Crippen LogP contribution in [0.1, 0.15) is 258 Å². The molecule has 0 fully saturated rings. The number of hydrogen-bond acceptors (Lipinski definition) is 5. The molecule has 3 N–H and O–H groups in total. The van der Waals surface area contributed by atoms with Crippen molar-refractivity contribution in [2.45, 2.75) is 277 Å². The lowest BCUT2D eigenvalue weighted by Gasteiger charge is -2.24. The molecule has 0 aromatic heterocycles. The van der Waals surface area contributed by atoms with Crippen LogP contribution in [0, 0.1) is 0 Å². The molecule has 64 heavy (non-hydrogen) atoms. The molecule has 0 saturated heterocycles. The van der Waals surface area contributed by atoms with Crippen molar-refractivity contribution >= 4 is 11.9 Å². The first-order valence-corrected chi connectivity index (χ1v) is 27.2. The minimum atomic E-state index is -0.805. The number of unbranched alkanes of at least 4 members (excludes halogenated alkanes) is 24. The maximum Gasteiger partial charge on any atom is 0.306 e. The lowest BCUT2D eigenvalue weighted by molar-refractivity contribution is -0.150. The molecular weight excluding hydrogens is 791 g/mol. The highest BCUT2D eigenvalue weighted by atomic mass is 16.5. The molecule has 0 bridgehead atoms. The highest BCUT2D eigenvalue weighted by Gasteiger charge is 2.24. The van der Waals surface area contributed by atoms with Crippen LogP contribution in [0.2, 0.25) is 0 Å². The zero-order valence-corrected chi connectivity index (χ0v) is 42.1. The molecule has 6 nitrogen and oxygen atoms in total. The summed E-state index contributed by atoms with van der Waals surface area (Å²) in [6, 6.07) is -0.721. The van der Waals surface area contributed by atoms with Crippen molar-refractivity contribution in [2.75, 3.05) is 6.61 Å². The number of nitrogens with one attached hydrogen (secondary N) is 1. The topological polar surface area (TPSA) is 95.9 Å². The van der Waals surface area contributed by atoms with E-state index in [1.807, 2.05) is 6.08 Å². The second-order valence-corrected chi connectivity index (χ2v) is 18.2. The van der Waals surface area contributed by atoms with Crippen molar-refractivity contribution in [3.05, 3.63) is 72.9 Å². The van der Waals surface area contributed by atoms with Gasteiger partial charge in [0.2, 0.25) is 5.91 Å². The lowest BCUT2D eigenvalue weighted by Crippen LogP contribution is -2.46. The Morgan fingerprint density at radius 3 is 1.28 bits per heavy atom. The average Bonchev–Trinajstić information content (AvgIpc) is 3.29. The summed E-state index contributed by atoms with van der Waals surface area (Å²) < 4.78 is 5.90. The van der Waals surface area contributed by atoms with E-state index in [1.54, 1.807) is 0 Å². The van der Waals surface area contributed by atoms with E-state index in [0.717, 1.165) is 77.0 Å². The number of amides is 1. The highest BCUT2D eigenvalue weighted by molar-refractivity contribution is 5.77. The minimum absolute atomic E-state index is 0.0406. The molecule has 6 heteroatoms. The Morgan fingerprint density at radius 2 is 0.844 bits per heavy atom. The molecule has 0 aliphatic carbocycles. The number of hydrogen-bond donors (Lipinski definition) is 3. The third kappa shape index (κ3) is 45.9. The normalized spacial score (nSPS) is 13.8. The summed E-state index contributed by atoms with van der Waals surface area (Å²) in [4.78, 5) is 26.2. The van der Waals surface area contributed by atoms with Gasteiger partial charge in [0.05, 0.1) is 25.2 Å². The molecule has 0 spiro atoms. The maximum atomic E-state index is 13.2. The minimum Gasteiger partial charge on any atom is -0.462 e. The summed E-state index contributed by atoms with van der Waals surface area (Å²) in [6.07, 6.45) is 65.4. The summed E-state index contributed by atoms with van der Waals surface area (Å²) in [5.74, 6) is -0.578. The van der Waals surface area contributed by atoms with Crippen molar-refractivity contribution in [3.8, 4) is 0 Å². The summed E-state index contributed by atoms with van der Waals surface area (Å²) in [5, 5.41) is 23.8. The Labute approximate surface area is 396 Å². The summed E-state index contributed by atoms with van der Waals surface area (Å²) in [7, 11) is 0. The summed E-state index contributed by atoms with van der Waals surface area (Å²) in [6.45, 7) is 6.36. The summed E-state index contributed by atoms with van der Waals surface area (Å²) in [5.41, 5.74) is 0. The Hall–Kier alpha value is -2.70. The average molecular weight is 894 g/mol. The van der Waals surface area contributed by atoms with Gasteiger partial charge < -0.3 is 20.3 Å². The van der Waals surface area contributed by atoms with Gasteiger partial charge in [-0.2, -0.15) is 0 Å². The standard InChI is InChI=1S/C58H103NO5/c1-4-7-10-13-16-19-22-25-28-30-33-36-39-42-45-48-51-58(63)64-54(49-46-43-40-37-34-31-29-26-23-20-17-14-11-8-5-2)52-57(62)59-55(53-60)56(61)50-47-44-41-38-35-32-27-24-21-18-15-12-9-6-3/h7,10,16,19,25-26,28-29,33,36,42,45,54-56,60-61H,4-6,8-9,11-15,17-18,20-24,27,30-32,34-35,37-41,43-44,46-53H2,1-3H3,(H,59,62)/b10-7+,19-16+,28-25+,29-26+,36-33+,45-42+. The molecule has 0 saturated carbocycles. The van der Waals surface area contributed by atoms with Crippen molar-refractivity contribution in [3.63, 3.8) is 0 Å². The van der Waals surface area contributed by atoms with Crippen LogP contribution in [0.15, 0.2) is 72.9 Å². The molecule has 3 unspecified atom stereocenters. The molecule has 0 aliphatic heterocycles. The van der Waals surface area contributed by atoms with Crippen LogP contribution in [0.5, 0.6) is 0 Å². The fourth-order valence-electron chi connectivity index (χ4n) is 7.95. The van der Waals surface area contributed by atoms with Gasteiger partial charge in [0.1, 0.15) is 6.10 Å². The van der Waals surface area contributed by atoms with Crippen LogP contribution in [0.3, 0.4) is 0 Å². The van der Waals surface area contributed by atoms with E-state index >= 15 is 0 Å². The summed E-state index contributed by atoms with van der Waals surface area (Å²) >= 11 is 0. The zero-order valence-electron chi connectivity index (χ0n) is 42.1. The van der Waals surface area contributed by atoms with Crippen LogP contribution in [-0.2, 0) is 14.3 Å². The molecule has 370 valence electrons. The molecule has 0 radical (unpaired) electrons. The number of rotatable bonds is 48. The first-order valence-electron chi connectivity index (χ1n) is 27.2. The van der Waals surface area contributed by atoms with Gasteiger partial charge in [-0.3, -0.25) is 9.59 Å². The van der Waals surface area contributed by atoms with E-state index < -0.39 is 18.2 Å². The van der Waals surface area contributed by atoms with Crippen LogP contribution in [-0.4, -0.2) is 46.9 Å². The molecule has 0 aromatic rings. The molecule has 0 aliphatic rings. The van der Waals surface area contributed by atoms with E-state index in [2.05, 4.69) is 92.9 Å². The smallest absolute Gasteiger partial charge is 0.306 e. The highest BCUT2D eigenvalue weighted by Crippen LogP contribution is 2.17. The van der Waals surface area contributed by atoms with Gasteiger partial charge >= 0.3 is 5.97 Å². The SMILES string of the molecule is CC/C=C/C/C=C/C/C=C/C/C=C/C/C=C/CCC(=O)OC(CCCCCCC/C=C/CCCCCCCC)CC(=O)NC(CO)C(O)CCCCCCCCCCCCCCCC. The Bertz CT molecular complexity index is 1190. The predicted octanol–water partition coefficient (Wildman–Crippen LogP) is 16.6. The van der Waals surface area contributed by atoms with E-state index in [1.165, 1.54) is 128 Å². The Kier molecular flexibility index (Phi) is 49.1. The molecule has 0 aromatic carbocycles. The van der Waals surface area contributed by atoms with Gasteiger partial charge in [0.15, 0.2) is 0 Å². The van der Waals surface area contributed by atoms with Crippen LogP contribution >= 0.6 is 0 Å². The zero-order chi connectivity index (χ0) is 46.7. The number of aliphatic hydroxyl groups is 2. The number of esters is 1. The molecular formula is C58H103NO5. The second kappa shape index (κ2) is 51.3. The molecule has 0 rings (SSSR count). The number of ether oxygens (including phenoxy) is 1. The largest absolute Gasteiger partial charge is 0.462 e. The third-order valence-electron chi connectivity index (χ3n) is 12.0. The van der Waals surface area contributed by atoms with Gasteiger partial charge in [-0.15, -0.1) is 0 Å². The third-order valence-corrected chi connectivity index (χ3v) is 12.0. The number of carbonyl (C=O) groups is 2. The second-order valence-electron chi connectivity index (χ2n) is 18.2. The molecule has 1 amide bonds. The van der Waals surface area contributed by atoms with E-state index in [-0.39, 0.29) is 31.3 Å². The van der Waals surface area contributed by atoms with E-state index in [9.17, 15) is 19.8 Å². The number of aliphatic hydroxyl groups excluding tert-OH is 2. The fourth-order valence-corrected chi connectivity index (χ4v) is 7.95. The van der Waals surface area contributed by atoms with Crippen LogP contribution in [0.4, 0.5) is 0 Å². The van der Waals surface area contributed by atoms with Crippen molar-refractivity contribution in [2.24, 2.45) is 0 Å². The fraction of sp³-hybridized carbons (Fsp3) is 0.759. The van der Waals surface area contributed by atoms with Gasteiger partial charge in [-0.25, -0.2) is 0 Å². The maximum absolute atomic E-state index is 13.2. The van der Waals surface area contributed by atoms with Gasteiger partial charge in [-0.1, -0.05) is 235 Å². The van der Waals surface area contributed by atoms with Crippen LogP contribution < -0.4 is 5.32 Å². The van der Waals surface area contributed by atoms with Crippen molar-refractivity contribution in [1.29, 1.82) is 0 Å².